The first-order chi connectivity index (χ1) is 15.8. The van der Waals surface area contributed by atoms with Gasteiger partial charge in [0, 0.05) is 54.9 Å². The molecule has 0 saturated carbocycles. The van der Waals surface area contributed by atoms with Gasteiger partial charge in [0.15, 0.2) is 0 Å². The Labute approximate surface area is 189 Å². The minimum atomic E-state index is -1.34. The molecule has 2 unspecified atom stereocenters. The summed E-state index contributed by atoms with van der Waals surface area (Å²) in [5.74, 6) is 0.827. The molecule has 164 valence electrons. The summed E-state index contributed by atoms with van der Waals surface area (Å²) in [6, 6.07) is 13.5. The molecule has 2 atom stereocenters. The Morgan fingerprint density at radius 1 is 1.12 bits per heavy atom. The van der Waals surface area contributed by atoms with Gasteiger partial charge in [0.2, 0.25) is 0 Å². The first-order valence-corrected chi connectivity index (χ1v) is 12.0. The fourth-order valence-corrected chi connectivity index (χ4v) is 5.28. The van der Waals surface area contributed by atoms with Gasteiger partial charge in [-0.3, -0.25) is 4.98 Å². The number of ether oxygens (including phenoxy) is 1. The minimum Gasteiger partial charge on any atom is -0.380 e. The molecule has 32 heavy (non-hydrogen) atoms. The molecule has 7 nitrogen and oxygen atoms in total. The minimum absolute atomic E-state index is 0.00873. The lowest BCUT2D eigenvalue weighted by Crippen LogP contribution is -2.27. The van der Waals surface area contributed by atoms with Crippen molar-refractivity contribution in [2.75, 3.05) is 37.7 Å². The molecule has 2 aliphatic rings. The number of nitrogens with one attached hydrogen (secondary N) is 1. The first kappa shape index (κ1) is 20.8. The number of hydrazone groups is 1. The molecular weight excluding hydrogens is 422 g/mol. The summed E-state index contributed by atoms with van der Waals surface area (Å²) in [5.41, 5.74) is 4.70. The number of fused-ring (bicyclic) bond motifs is 1. The fourth-order valence-electron chi connectivity index (χ4n) is 4.05. The molecule has 0 amide bonds. The van der Waals surface area contributed by atoms with E-state index in [2.05, 4.69) is 21.5 Å². The van der Waals surface area contributed by atoms with Crippen LogP contribution in [0, 0.1) is 0 Å². The third kappa shape index (κ3) is 4.28. The van der Waals surface area contributed by atoms with Crippen LogP contribution in [0.5, 0.6) is 0 Å². The van der Waals surface area contributed by atoms with Crippen LogP contribution in [-0.4, -0.2) is 53.2 Å². The summed E-state index contributed by atoms with van der Waals surface area (Å²) in [7, 11) is -1.34. The topological polar surface area (TPSA) is 79.7 Å². The number of hydrogen-bond donors (Lipinski definition) is 1. The largest absolute Gasteiger partial charge is 0.380 e. The average Bonchev–Trinajstić information content (AvgIpc) is 3.29. The zero-order valence-corrected chi connectivity index (χ0v) is 18.5. The number of aromatic nitrogens is 2. The fraction of sp³-hybridized carbons (Fsp3) is 0.292. The third-order valence-electron chi connectivity index (χ3n) is 5.67. The van der Waals surface area contributed by atoms with Gasteiger partial charge in [-0.2, -0.15) is 5.10 Å². The highest BCUT2D eigenvalue weighted by molar-refractivity contribution is 7.85. The zero-order chi connectivity index (χ0) is 21.8. The van der Waals surface area contributed by atoms with E-state index in [1.807, 2.05) is 48.5 Å². The number of rotatable bonds is 4. The molecule has 1 fully saturated rings. The highest BCUT2D eigenvalue weighted by atomic mass is 32.2. The molecule has 0 spiro atoms. The Hall–Kier alpha value is -3.10. The second-order valence-corrected chi connectivity index (χ2v) is 9.19. The second kappa shape index (κ2) is 9.58. The Bertz CT molecular complexity index is 1170. The smallest absolute Gasteiger partial charge is 0.130 e. The van der Waals surface area contributed by atoms with Gasteiger partial charge >= 0.3 is 0 Å². The number of allylic oxidation sites excluding steroid dienone is 1. The first-order valence-electron chi connectivity index (χ1n) is 10.8. The number of nitrogens with zero attached hydrogens (tertiary/aromatic N) is 4. The SMILES string of the molecule is O=S(c1ccccc1)c1cc(N2CCCOCC2)nc2c(C3C=CC=NNC3)nccc12. The van der Waals surface area contributed by atoms with Crippen LogP contribution in [-0.2, 0) is 15.5 Å². The summed E-state index contributed by atoms with van der Waals surface area (Å²) in [6.07, 6.45) is 8.45. The molecule has 4 heterocycles. The van der Waals surface area contributed by atoms with E-state index in [-0.39, 0.29) is 5.92 Å². The van der Waals surface area contributed by atoms with Crippen molar-refractivity contribution in [1.29, 1.82) is 0 Å². The summed E-state index contributed by atoms with van der Waals surface area (Å²) >= 11 is 0. The lowest BCUT2D eigenvalue weighted by Gasteiger charge is -2.23. The molecule has 1 N–H and O–H groups in total. The molecule has 1 aromatic carbocycles. The van der Waals surface area contributed by atoms with Crippen LogP contribution in [0.25, 0.3) is 10.9 Å². The summed E-state index contributed by atoms with van der Waals surface area (Å²) in [5, 5.41) is 5.00. The van der Waals surface area contributed by atoms with Gasteiger partial charge in [-0.25, -0.2) is 9.19 Å². The standard InChI is InChI=1S/C24H25N5O2S/c30-32(19-7-2-1-3-8-19)21-16-22(29-12-5-14-31-15-13-29)28-24-20(21)9-11-25-23(24)18-6-4-10-26-27-17-18/h1-4,6-11,16,18,27H,5,12-15,17H2. The van der Waals surface area contributed by atoms with Crippen molar-refractivity contribution in [2.45, 2.75) is 22.1 Å². The Kier molecular flexibility index (Phi) is 6.22. The van der Waals surface area contributed by atoms with E-state index in [0.29, 0.717) is 13.2 Å². The van der Waals surface area contributed by atoms with Crippen molar-refractivity contribution in [1.82, 2.24) is 15.4 Å². The van der Waals surface area contributed by atoms with Crippen molar-refractivity contribution in [3.05, 3.63) is 66.5 Å². The third-order valence-corrected chi connectivity index (χ3v) is 7.10. The number of pyridine rings is 2. The Morgan fingerprint density at radius 2 is 2.03 bits per heavy atom. The van der Waals surface area contributed by atoms with Crippen LogP contribution in [0.3, 0.4) is 0 Å². The monoisotopic (exact) mass is 447 g/mol. The van der Waals surface area contributed by atoms with Crippen LogP contribution in [0.1, 0.15) is 18.0 Å². The van der Waals surface area contributed by atoms with Gasteiger partial charge in [0.1, 0.15) is 5.82 Å². The van der Waals surface area contributed by atoms with Gasteiger partial charge in [0.25, 0.3) is 0 Å². The van der Waals surface area contributed by atoms with E-state index in [9.17, 15) is 4.21 Å². The normalized spacial score (nSPS) is 19.9. The van der Waals surface area contributed by atoms with Crippen LogP contribution in [0.15, 0.2) is 75.7 Å². The summed E-state index contributed by atoms with van der Waals surface area (Å²) < 4.78 is 19.3. The number of anilines is 1. The maximum Gasteiger partial charge on any atom is 0.130 e. The lowest BCUT2D eigenvalue weighted by molar-refractivity contribution is 0.152. The van der Waals surface area contributed by atoms with Crippen LogP contribution >= 0.6 is 0 Å². The van der Waals surface area contributed by atoms with Crippen LogP contribution in [0.2, 0.25) is 0 Å². The number of hydrogen-bond acceptors (Lipinski definition) is 7. The Morgan fingerprint density at radius 3 is 2.94 bits per heavy atom. The van der Waals surface area contributed by atoms with Gasteiger partial charge in [-0.1, -0.05) is 24.3 Å². The van der Waals surface area contributed by atoms with E-state index in [1.54, 1.807) is 12.4 Å². The van der Waals surface area contributed by atoms with Crippen LogP contribution < -0.4 is 10.3 Å². The molecule has 1 saturated heterocycles. The predicted molar refractivity (Wildman–Crippen MR) is 127 cm³/mol. The Balaban J connectivity index is 1.68. The van der Waals surface area contributed by atoms with E-state index >= 15 is 0 Å². The van der Waals surface area contributed by atoms with Crippen molar-refractivity contribution in [3.8, 4) is 0 Å². The van der Waals surface area contributed by atoms with Crippen molar-refractivity contribution >= 4 is 33.7 Å². The zero-order valence-electron chi connectivity index (χ0n) is 17.7. The van der Waals surface area contributed by atoms with E-state index in [4.69, 9.17) is 14.7 Å². The van der Waals surface area contributed by atoms with Gasteiger partial charge in [0.05, 0.1) is 33.5 Å². The molecule has 0 bridgehead atoms. The van der Waals surface area contributed by atoms with Gasteiger partial charge < -0.3 is 15.1 Å². The van der Waals surface area contributed by atoms with Crippen molar-refractivity contribution in [3.63, 3.8) is 0 Å². The molecule has 0 aliphatic carbocycles. The van der Waals surface area contributed by atoms with Crippen molar-refractivity contribution in [2.24, 2.45) is 5.10 Å². The second-order valence-electron chi connectivity index (χ2n) is 7.74. The highest BCUT2D eigenvalue weighted by Crippen LogP contribution is 2.32. The van der Waals surface area contributed by atoms with E-state index in [1.165, 1.54) is 0 Å². The van der Waals surface area contributed by atoms with Gasteiger partial charge in [-0.15, -0.1) is 0 Å². The number of benzene rings is 1. The van der Waals surface area contributed by atoms with Crippen LogP contribution in [0.4, 0.5) is 5.82 Å². The summed E-state index contributed by atoms with van der Waals surface area (Å²) in [4.78, 5) is 13.5. The highest BCUT2D eigenvalue weighted by Gasteiger charge is 2.22. The summed E-state index contributed by atoms with van der Waals surface area (Å²) in [6.45, 7) is 3.63. The van der Waals surface area contributed by atoms with Crippen molar-refractivity contribution < 1.29 is 8.95 Å². The lowest BCUT2D eigenvalue weighted by atomic mass is 10.0. The molecule has 0 radical (unpaired) electrons. The quantitative estimate of drug-likeness (QED) is 0.661. The maximum atomic E-state index is 13.7. The molecule has 3 aromatic rings. The van der Waals surface area contributed by atoms with E-state index in [0.717, 1.165) is 58.3 Å². The maximum absolute atomic E-state index is 13.7. The average molecular weight is 448 g/mol. The molecule has 8 heteroatoms. The molecule has 2 aliphatic heterocycles. The van der Waals surface area contributed by atoms with Gasteiger partial charge in [-0.05, 0) is 36.8 Å². The molecule has 5 rings (SSSR count). The molecule has 2 aromatic heterocycles. The molecular formula is C24H25N5O2S. The van der Waals surface area contributed by atoms with E-state index < -0.39 is 10.8 Å². The predicted octanol–water partition coefficient (Wildman–Crippen LogP) is 3.25.